The number of carbonyl (C=O) groups is 3. The number of thiocarbonyl (C=S) groups is 1. The van der Waals surface area contributed by atoms with Gasteiger partial charge in [-0.25, -0.2) is 0 Å². The third kappa shape index (κ3) is 7.53. The van der Waals surface area contributed by atoms with E-state index >= 15 is 0 Å². The summed E-state index contributed by atoms with van der Waals surface area (Å²) in [6.45, 7) is 1.63. The molecule has 7 nitrogen and oxygen atoms in total. The summed E-state index contributed by atoms with van der Waals surface area (Å²) in [7, 11) is 0. The topological polar surface area (TPSA) is 113 Å². The van der Waals surface area contributed by atoms with Gasteiger partial charge < -0.3 is 14.9 Å². The first-order valence-corrected chi connectivity index (χ1v) is 10.1. The second-order valence-electron chi connectivity index (χ2n) is 6.98. The van der Waals surface area contributed by atoms with Crippen molar-refractivity contribution in [3.63, 3.8) is 0 Å². The van der Waals surface area contributed by atoms with E-state index in [2.05, 4.69) is 22.4 Å². The van der Waals surface area contributed by atoms with Crippen LogP contribution in [0.25, 0.3) is 0 Å². The van der Waals surface area contributed by atoms with Gasteiger partial charge in [0, 0.05) is 24.0 Å². The summed E-state index contributed by atoms with van der Waals surface area (Å²) in [5.74, 6) is -2.10. The Morgan fingerprint density at radius 3 is 2.16 bits per heavy atom. The third-order valence-electron chi connectivity index (χ3n) is 4.64. The van der Waals surface area contributed by atoms with E-state index in [0.29, 0.717) is 29.0 Å². The summed E-state index contributed by atoms with van der Waals surface area (Å²) in [4.78, 5) is 39.3. The number of aliphatic hydroxyl groups excluding tert-OH is 1. The smallest absolute Gasteiger partial charge is 0.309 e. The zero-order valence-electron chi connectivity index (χ0n) is 17.0. The fourth-order valence-electron chi connectivity index (χ4n) is 2.88. The van der Waals surface area contributed by atoms with Crippen LogP contribution in [0.4, 0.5) is 5.69 Å². The summed E-state index contributed by atoms with van der Waals surface area (Å²) < 4.78 is 5.58. The number of aliphatic imine (C=N–C) groups is 1. The molecule has 2 N–H and O–H groups in total. The van der Waals surface area contributed by atoms with E-state index in [1.54, 1.807) is 48.5 Å². The Hall–Kier alpha value is -3.19. The molecular formula is C23H23NO6S. The lowest BCUT2D eigenvalue weighted by Gasteiger charge is -2.14. The number of isothiocyanates is 1. The van der Waals surface area contributed by atoms with E-state index in [9.17, 15) is 19.5 Å². The van der Waals surface area contributed by atoms with E-state index < -0.39 is 18.0 Å². The first-order chi connectivity index (χ1) is 14.8. The number of aliphatic carboxylic acids is 1. The molecule has 0 spiro atoms. The van der Waals surface area contributed by atoms with E-state index in [0.717, 1.165) is 0 Å². The highest BCUT2D eigenvalue weighted by Gasteiger charge is 2.25. The van der Waals surface area contributed by atoms with Crippen LogP contribution in [0.2, 0.25) is 0 Å². The number of benzene rings is 2. The Labute approximate surface area is 185 Å². The molecule has 0 amide bonds. The number of carboxylic acid groups (broad SMARTS) is 1. The predicted octanol–water partition coefficient (Wildman–Crippen LogP) is 3.85. The molecule has 0 saturated carbocycles. The minimum absolute atomic E-state index is 0.138. The van der Waals surface area contributed by atoms with Crippen LogP contribution < -0.4 is 4.74 Å². The molecule has 0 fully saturated rings. The minimum Gasteiger partial charge on any atom is -0.494 e. The van der Waals surface area contributed by atoms with Crippen LogP contribution in [0.1, 0.15) is 42.1 Å². The molecule has 0 heterocycles. The van der Waals surface area contributed by atoms with Crippen molar-refractivity contribution in [2.24, 2.45) is 10.9 Å². The number of carbonyl (C=O) groups excluding carboxylic acids is 2. The van der Waals surface area contributed by atoms with E-state index in [1.165, 1.54) is 6.92 Å². The Morgan fingerprint density at radius 2 is 1.65 bits per heavy atom. The van der Waals surface area contributed by atoms with Crippen molar-refractivity contribution in [2.75, 3.05) is 6.61 Å². The summed E-state index contributed by atoms with van der Waals surface area (Å²) >= 11 is 4.55. The Morgan fingerprint density at radius 1 is 1.06 bits per heavy atom. The summed E-state index contributed by atoms with van der Waals surface area (Å²) in [5, 5.41) is 20.7. The number of ether oxygens (including phenoxy) is 1. The van der Waals surface area contributed by atoms with Crippen molar-refractivity contribution < 1.29 is 29.3 Å². The number of nitrogens with zero attached hydrogens (tertiary/aromatic N) is 1. The zero-order chi connectivity index (χ0) is 22.8. The average Bonchev–Trinajstić information content (AvgIpc) is 2.75. The highest BCUT2D eigenvalue weighted by molar-refractivity contribution is 7.78. The fraction of sp³-hybridized carbons (Fsp3) is 0.304. The number of rotatable bonds is 12. The molecule has 0 bridgehead atoms. The van der Waals surface area contributed by atoms with Crippen molar-refractivity contribution in [3.05, 3.63) is 59.7 Å². The quantitative estimate of drug-likeness (QED) is 0.223. The molecule has 2 aromatic carbocycles. The molecule has 0 aliphatic heterocycles. The van der Waals surface area contributed by atoms with Gasteiger partial charge in [0.2, 0.25) is 0 Å². The van der Waals surface area contributed by atoms with Crippen LogP contribution in [-0.2, 0) is 9.59 Å². The molecule has 2 rings (SSSR count). The largest absolute Gasteiger partial charge is 0.494 e. The highest BCUT2D eigenvalue weighted by atomic mass is 32.1. The maximum Gasteiger partial charge on any atom is 0.309 e. The molecular weight excluding hydrogens is 418 g/mol. The van der Waals surface area contributed by atoms with Crippen LogP contribution >= 0.6 is 12.2 Å². The second kappa shape index (κ2) is 11.9. The molecule has 0 saturated heterocycles. The van der Waals surface area contributed by atoms with Crippen molar-refractivity contribution in [1.82, 2.24) is 0 Å². The second-order valence-corrected chi connectivity index (χ2v) is 7.17. The van der Waals surface area contributed by atoms with Crippen LogP contribution in [-0.4, -0.2) is 45.6 Å². The van der Waals surface area contributed by atoms with Gasteiger partial charge in [-0.15, -0.1) is 0 Å². The monoisotopic (exact) mass is 441 g/mol. The van der Waals surface area contributed by atoms with Crippen LogP contribution in [0.15, 0.2) is 53.5 Å². The average molecular weight is 442 g/mol. The zero-order valence-corrected chi connectivity index (χ0v) is 17.8. The van der Waals surface area contributed by atoms with Crippen molar-refractivity contribution in [2.45, 2.75) is 32.3 Å². The highest BCUT2D eigenvalue weighted by Crippen LogP contribution is 2.19. The van der Waals surface area contributed by atoms with Crippen LogP contribution in [0.5, 0.6) is 5.75 Å². The number of hydrogen-bond donors (Lipinski definition) is 2. The van der Waals surface area contributed by atoms with Crippen molar-refractivity contribution >= 4 is 40.6 Å². The van der Waals surface area contributed by atoms with Gasteiger partial charge in [0.05, 0.1) is 29.5 Å². The Kier molecular flexibility index (Phi) is 9.21. The van der Waals surface area contributed by atoms with Gasteiger partial charge >= 0.3 is 5.97 Å². The van der Waals surface area contributed by atoms with Crippen molar-refractivity contribution in [3.8, 4) is 5.75 Å². The number of ketones is 2. The van der Waals surface area contributed by atoms with Gasteiger partial charge in [-0.05, 0) is 74.1 Å². The van der Waals surface area contributed by atoms with Gasteiger partial charge in [-0.3, -0.25) is 14.4 Å². The van der Waals surface area contributed by atoms with E-state index in [1.807, 2.05) is 0 Å². The molecule has 0 aliphatic carbocycles. The summed E-state index contributed by atoms with van der Waals surface area (Å²) in [5.41, 5.74) is 1.65. The molecule has 0 aliphatic rings. The molecule has 162 valence electrons. The lowest BCUT2D eigenvalue weighted by atomic mass is 9.96. The Bertz CT molecular complexity index is 963. The van der Waals surface area contributed by atoms with Gasteiger partial charge in [-0.1, -0.05) is 0 Å². The lowest BCUT2D eigenvalue weighted by Crippen LogP contribution is -2.28. The van der Waals surface area contributed by atoms with E-state index in [-0.39, 0.29) is 31.0 Å². The minimum atomic E-state index is -1.19. The number of carboxylic acids is 1. The first-order valence-electron chi connectivity index (χ1n) is 9.70. The number of aliphatic hydroxyl groups is 1. The normalized spacial score (nSPS) is 12.3. The molecule has 2 aromatic rings. The maximum absolute atomic E-state index is 12.5. The van der Waals surface area contributed by atoms with Gasteiger partial charge in [-0.2, -0.15) is 4.99 Å². The first kappa shape index (κ1) is 24.1. The standard InChI is InChI=1S/C23H23NO6S/c1-15(25)21(23(28)29)13-19(26)3-2-12-30-20-10-6-17(7-11-20)22(27)16-4-8-18(9-5-16)24-14-31/h4-11,15,21,25H,2-3,12-13H2,1H3,(H,28,29). The predicted molar refractivity (Wildman–Crippen MR) is 118 cm³/mol. The van der Waals surface area contributed by atoms with Gasteiger partial charge in [0.15, 0.2) is 5.78 Å². The molecule has 0 aromatic heterocycles. The molecule has 31 heavy (non-hydrogen) atoms. The third-order valence-corrected chi connectivity index (χ3v) is 4.73. The fourth-order valence-corrected chi connectivity index (χ4v) is 2.99. The Balaban J connectivity index is 1.82. The van der Waals surface area contributed by atoms with Crippen molar-refractivity contribution in [1.29, 1.82) is 0 Å². The number of hydrogen-bond acceptors (Lipinski definition) is 7. The van der Waals surface area contributed by atoms with Crippen LogP contribution in [0.3, 0.4) is 0 Å². The van der Waals surface area contributed by atoms with Crippen LogP contribution in [0, 0.1) is 5.92 Å². The van der Waals surface area contributed by atoms with Gasteiger partial charge in [0.25, 0.3) is 0 Å². The SMILES string of the molecule is CC(O)C(CC(=O)CCCOc1ccc(C(=O)c2ccc(N=C=S)cc2)cc1)C(=O)O. The molecule has 8 heteroatoms. The number of Topliss-reactive ketones (excluding diaryl/α,β-unsaturated/α-hetero) is 1. The molecule has 0 radical (unpaired) electrons. The van der Waals surface area contributed by atoms with Gasteiger partial charge in [0.1, 0.15) is 11.5 Å². The van der Waals surface area contributed by atoms with E-state index in [4.69, 9.17) is 9.84 Å². The molecule has 2 atom stereocenters. The molecule has 2 unspecified atom stereocenters. The summed E-state index contributed by atoms with van der Waals surface area (Å²) in [6, 6.07) is 13.4. The maximum atomic E-state index is 12.5. The lowest BCUT2D eigenvalue weighted by molar-refractivity contribution is -0.147. The summed E-state index contributed by atoms with van der Waals surface area (Å²) in [6.07, 6.45) is -0.711.